The Balaban J connectivity index is 1.46. The van der Waals surface area contributed by atoms with E-state index < -0.39 is 5.97 Å². The lowest BCUT2D eigenvalue weighted by Crippen LogP contribution is -2.48. The topological polar surface area (TPSA) is 101 Å². The highest BCUT2D eigenvalue weighted by atomic mass is 16.5. The van der Waals surface area contributed by atoms with Crippen LogP contribution in [0.2, 0.25) is 0 Å². The second-order valence-corrected chi connectivity index (χ2v) is 10.9. The summed E-state index contributed by atoms with van der Waals surface area (Å²) in [6.07, 6.45) is -0.252. The molecule has 3 aromatic carbocycles. The summed E-state index contributed by atoms with van der Waals surface area (Å²) in [6.45, 7) is 7.67. The minimum absolute atomic E-state index is 0.0382. The number of anilines is 1. The molecule has 0 radical (unpaired) electrons. The second-order valence-electron chi connectivity index (χ2n) is 10.9. The van der Waals surface area contributed by atoms with Gasteiger partial charge in [-0.15, -0.1) is 0 Å². The molecule has 2 N–H and O–H groups in total. The molecule has 9 nitrogen and oxygen atoms in total. The molecule has 9 heteroatoms. The number of aromatic nitrogens is 1. The van der Waals surface area contributed by atoms with Crippen LogP contribution in [0.25, 0.3) is 10.9 Å². The summed E-state index contributed by atoms with van der Waals surface area (Å²) < 4.78 is 5.39. The molecule has 2 heterocycles. The van der Waals surface area contributed by atoms with Gasteiger partial charge in [-0.2, -0.15) is 0 Å². The number of carbonyl (C=O) groups excluding carboxylic acids is 2. The number of hydrogen-bond donors (Lipinski definition) is 2. The van der Waals surface area contributed by atoms with Crippen LogP contribution < -0.4 is 4.90 Å². The fraction of sp³-hybridized carbons (Fsp3) is 0.303. The van der Waals surface area contributed by atoms with Crippen molar-refractivity contribution in [2.45, 2.75) is 20.0 Å². The van der Waals surface area contributed by atoms with Crippen LogP contribution >= 0.6 is 0 Å². The molecule has 0 unspecified atom stereocenters. The molecule has 1 aliphatic heterocycles. The monoisotopic (exact) mass is 567 g/mol. The van der Waals surface area contributed by atoms with Gasteiger partial charge in [0.25, 0.3) is 0 Å². The van der Waals surface area contributed by atoms with Crippen LogP contribution in [-0.4, -0.2) is 90.4 Å². The van der Waals surface area contributed by atoms with E-state index in [9.17, 15) is 14.7 Å². The van der Waals surface area contributed by atoms with Crippen molar-refractivity contribution in [1.82, 2.24) is 14.8 Å². The van der Waals surface area contributed by atoms with Gasteiger partial charge < -0.3 is 24.6 Å². The highest BCUT2D eigenvalue weighted by Crippen LogP contribution is 2.33. The molecule has 4 aromatic rings. The predicted octanol–water partition coefficient (Wildman–Crippen LogP) is 4.82. The van der Waals surface area contributed by atoms with Crippen LogP contribution in [0.5, 0.6) is 5.88 Å². The summed E-state index contributed by atoms with van der Waals surface area (Å²) in [5.74, 6) is -0.442. The van der Waals surface area contributed by atoms with Gasteiger partial charge in [0.2, 0.25) is 5.91 Å². The summed E-state index contributed by atoms with van der Waals surface area (Å²) in [7, 11) is 3.89. The maximum atomic E-state index is 13.0. The van der Waals surface area contributed by atoms with Crippen LogP contribution in [0.15, 0.2) is 77.8 Å². The maximum absolute atomic E-state index is 13.0. The Hall–Kier alpha value is -4.47. The molecular formula is C33H37N5O4. The van der Waals surface area contributed by atoms with Gasteiger partial charge in [0, 0.05) is 55.4 Å². The molecule has 1 aromatic heterocycles. The lowest BCUT2D eigenvalue weighted by Gasteiger charge is -2.32. The number of nitrogens with one attached hydrogen (secondary N) is 1. The van der Waals surface area contributed by atoms with E-state index in [1.54, 1.807) is 44.0 Å². The van der Waals surface area contributed by atoms with Crippen LogP contribution in [0.1, 0.15) is 35.3 Å². The van der Waals surface area contributed by atoms with Crippen LogP contribution in [0.4, 0.5) is 11.4 Å². The maximum Gasteiger partial charge on any atom is 0.338 e. The predicted molar refractivity (Wildman–Crippen MR) is 166 cm³/mol. The number of carbonyl (C=O) groups is 2. The van der Waals surface area contributed by atoms with E-state index in [-0.39, 0.29) is 17.9 Å². The molecule has 5 rings (SSSR count). The average molecular weight is 568 g/mol. The summed E-state index contributed by atoms with van der Waals surface area (Å²) in [6, 6.07) is 22.2. The van der Waals surface area contributed by atoms with E-state index in [4.69, 9.17) is 9.73 Å². The van der Waals surface area contributed by atoms with Gasteiger partial charge >= 0.3 is 5.97 Å². The van der Waals surface area contributed by atoms with Gasteiger partial charge in [0.15, 0.2) is 5.88 Å². The smallest absolute Gasteiger partial charge is 0.338 e. The lowest BCUT2D eigenvalue weighted by atomic mass is 9.99. The van der Waals surface area contributed by atoms with Crippen LogP contribution in [0.3, 0.4) is 0 Å². The Morgan fingerprint density at radius 2 is 1.67 bits per heavy atom. The number of piperazine rings is 1. The summed E-state index contributed by atoms with van der Waals surface area (Å²) >= 11 is 0. The van der Waals surface area contributed by atoms with Crippen molar-refractivity contribution in [3.8, 4) is 5.88 Å². The van der Waals surface area contributed by atoms with Crippen molar-refractivity contribution in [3.05, 3.63) is 89.5 Å². The van der Waals surface area contributed by atoms with Gasteiger partial charge in [-0.25, -0.2) is 9.79 Å². The highest BCUT2D eigenvalue weighted by molar-refractivity contribution is 6.22. The first kappa shape index (κ1) is 29.0. The molecule has 1 saturated heterocycles. The molecule has 1 amide bonds. The van der Waals surface area contributed by atoms with Crippen molar-refractivity contribution in [2.24, 2.45) is 4.99 Å². The number of nitrogens with zero attached hydrogens (tertiary/aromatic N) is 4. The molecule has 0 spiro atoms. The number of likely N-dealkylation sites (N-methyl/N-ethyl adjacent to an activating group) is 2. The standard InChI is InChI=1S/C33H37N5O4/c1-22(2)42-33(41)24-10-15-28-27(20-24)30(32(40)35-28)31(23-8-6-5-7-9-23)34-25-11-13-26(14-12-25)37(4)29(39)21-38-18-16-36(3)17-19-38/h5-15,20,22,35,40H,16-19,21H2,1-4H3. The Morgan fingerprint density at radius 1 is 0.976 bits per heavy atom. The molecule has 0 bridgehead atoms. The third-order valence-electron chi connectivity index (χ3n) is 7.45. The number of H-pyrrole nitrogens is 1. The number of benzene rings is 3. The number of rotatable bonds is 8. The Kier molecular flexibility index (Phi) is 8.70. The van der Waals surface area contributed by atoms with Gasteiger partial charge in [-0.05, 0) is 63.4 Å². The van der Waals surface area contributed by atoms with Gasteiger partial charge in [0.05, 0.1) is 35.2 Å². The number of aliphatic imine (C=N–C) groups is 1. The molecule has 218 valence electrons. The van der Waals surface area contributed by atoms with Crippen molar-refractivity contribution < 1.29 is 19.4 Å². The zero-order valence-corrected chi connectivity index (χ0v) is 24.5. The largest absolute Gasteiger partial charge is 0.494 e. The number of aromatic amines is 1. The highest BCUT2D eigenvalue weighted by Gasteiger charge is 2.22. The van der Waals surface area contributed by atoms with E-state index in [2.05, 4.69) is 21.8 Å². The summed E-state index contributed by atoms with van der Waals surface area (Å²) in [4.78, 5) is 39.7. The SMILES string of the molecule is CC(C)OC(=O)c1ccc2[nH]c(O)c(C(=Nc3ccc(N(C)C(=O)CN4CCN(C)CC4)cc3)c3ccccc3)c2c1. The second kappa shape index (κ2) is 12.6. The van der Waals surface area contributed by atoms with E-state index in [0.717, 1.165) is 37.4 Å². The average Bonchev–Trinajstić information content (AvgIpc) is 3.31. The van der Waals surface area contributed by atoms with Crippen molar-refractivity contribution in [3.63, 3.8) is 0 Å². The lowest BCUT2D eigenvalue weighted by molar-refractivity contribution is -0.119. The van der Waals surface area contributed by atoms with Crippen molar-refractivity contribution >= 4 is 39.9 Å². The van der Waals surface area contributed by atoms with E-state index in [1.165, 1.54) is 0 Å². The molecule has 0 saturated carbocycles. The first-order chi connectivity index (χ1) is 20.2. The first-order valence-electron chi connectivity index (χ1n) is 14.2. The summed E-state index contributed by atoms with van der Waals surface area (Å²) in [5.41, 5.74) is 4.31. The molecule has 1 fully saturated rings. The van der Waals surface area contributed by atoms with Gasteiger partial charge in [-0.1, -0.05) is 30.3 Å². The fourth-order valence-corrected chi connectivity index (χ4v) is 5.01. The first-order valence-corrected chi connectivity index (χ1v) is 14.2. The van der Waals surface area contributed by atoms with Crippen LogP contribution in [0, 0.1) is 0 Å². The summed E-state index contributed by atoms with van der Waals surface area (Å²) in [5, 5.41) is 11.7. The van der Waals surface area contributed by atoms with E-state index >= 15 is 0 Å². The third kappa shape index (κ3) is 6.53. The number of ether oxygens (including phenoxy) is 1. The number of hydrogen-bond acceptors (Lipinski definition) is 7. The Morgan fingerprint density at radius 3 is 2.33 bits per heavy atom. The fourth-order valence-electron chi connectivity index (χ4n) is 5.01. The van der Waals surface area contributed by atoms with Crippen molar-refractivity contribution in [1.29, 1.82) is 0 Å². The minimum Gasteiger partial charge on any atom is -0.494 e. The number of esters is 1. The van der Waals surface area contributed by atoms with Gasteiger partial charge in [-0.3, -0.25) is 9.69 Å². The molecule has 42 heavy (non-hydrogen) atoms. The minimum atomic E-state index is -0.432. The Labute approximate surface area is 246 Å². The zero-order valence-electron chi connectivity index (χ0n) is 24.5. The molecular weight excluding hydrogens is 530 g/mol. The zero-order chi connectivity index (χ0) is 29.8. The number of amides is 1. The number of fused-ring (bicyclic) bond motifs is 1. The molecule has 1 aliphatic rings. The van der Waals surface area contributed by atoms with Gasteiger partial charge in [0.1, 0.15) is 0 Å². The van der Waals surface area contributed by atoms with Crippen LogP contribution in [-0.2, 0) is 9.53 Å². The van der Waals surface area contributed by atoms with E-state index in [0.29, 0.717) is 40.0 Å². The number of aromatic hydroxyl groups is 1. The quantitative estimate of drug-likeness (QED) is 0.234. The molecule has 0 atom stereocenters. The normalized spacial score (nSPS) is 14.8. The third-order valence-corrected chi connectivity index (χ3v) is 7.45. The molecule has 0 aliphatic carbocycles. The van der Waals surface area contributed by atoms with E-state index in [1.807, 2.05) is 54.6 Å². The van der Waals surface area contributed by atoms with Crippen molar-refractivity contribution in [2.75, 3.05) is 51.7 Å². The Bertz CT molecular complexity index is 1590.